The molecule has 0 spiro atoms. The summed E-state index contributed by atoms with van der Waals surface area (Å²) in [5, 5.41) is 2.40. The van der Waals surface area contributed by atoms with E-state index in [1.54, 1.807) is 12.5 Å². The average molecular weight is 332 g/mol. The lowest BCUT2D eigenvalue weighted by atomic mass is 10.1. The Labute approximate surface area is 136 Å². The van der Waals surface area contributed by atoms with Crippen LogP contribution in [0.25, 0.3) is 11.3 Å². The van der Waals surface area contributed by atoms with E-state index in [0.29, 0.717) is 22.0 Å². The van der Waals surface area contributed by atoms with Gasteiger partial charge in [0.25, 0.3) is 0 Å². The molecule has 0 aliphatic heterocycles. The number of hydrogen-bond donors (Lipinski definition) is 1. The maximum Gasteiger partial charge on any atom is 0.126 e. The van der Waals surface area contributed by atoms with Gasteiger partial charge in [-0.3, -0.25) is 0 Å². The van der Waals surface area contributed by atoms with Crippen LogP contribution in [0.4, 0.5) is 8.78 Å². The number of aromatic nitrogens is 1. The van der Waals surface area contributed by atoms with Crippen LogP contribution in [-0.2, 0) is 0 Å². The van der Waals surface area contributed by atoms with E-state index in [1.165, 1.54) is 23.5 Å². The number of ether oxygens (including phenoxy) is 1. The van der Waals surface area contributed by atoms with Gasteiger partial charge in [-0.2, -0.15) is 0 Å². The lowest BCUT2D eigenvalue weighted by Gasteiger charge is -2.10. The van der Waals surface area contributed by atoms with Crippen LogP contribution >= 0.6 is 11.3 Å². The van der Waals surface area contributed by atoms with Crippen LogP contribution in [0, 0.1) is 11.6 Å². The molecule has 1 heterocycles. The van der Waals surface area contributed by atoms with Gasteiger partial charge < -0.3 is 10.5 Å². The van der Waals surface area contributed by atoms with Crippen molar-refractivity contribution in [1.82, 2.24) is 4.98 Å². The molecule has 6 heteroatoms. The highest BCUT2D eigenvalue weighted by molar-refractivity contribution is 7.10. The van der Waals surface area contributed by atoms with Gasteiger partial charge in [-0.1, -0.05) is 12.1 Å². The van der Waals surface area contributed by atoms with Gasteiger partial charge >= 0.3 is 0 Å². The smallest absolute Gasteiger partial charge is 0.126 e. The molecule has 0 bridgehead atoms. The van der Waals surface area contributed by atoms with Crippen LogP contribution in [0.1, 0.15) is 16.6 Å². The molecule has 3 nitrogen and oxygen atoms in total. The van der Waals surface area contributed by atoms with Crippen molar-refractivity contribution in [2.45, 2.75) is 6.04 Å². The van der Waals surface area contributed by atoms with Crippen molar-refractivity contribution >= 4 is 11.3 Å². The molecule has 1 aromatic heterocycles. The third kappa shape index (κ3) is 3.38. The fourth-order valence-corrected chi connectivity index (χ4v) is 3.10. The number of benzene rings is 2. The normalized spacial score (nSPS) is 12.2. The summed E-state index contributed by atoms with van der Waals surface area (Å²) in [4.78, 5) is 4.41. The zero-order valence-corrected chi connectivity index (χ0v) is 13.1. The second-order valence-electron chi connectivity index (χ2n) is 4.98. The highest BCUT2D eigenvalue weighted by atomic mass is 32.1. The molecular weight excluding hydrogens is 318 g/mol. The Morgan fingerprint density at radius 3 is 2.57 bits per heavy atom. The third-order valence-electron chi connectivity index (χ3n) is 3.40. The molecule has 2 aromatic carbocycles. The molecule has 0 saturated carbocycles. The second-order valence-corrected chi connectivity index (χ2v) is 5.87. The van der Waals surface area contributed by atoms with Crippen molar-refractivity contribution in [2.24, 2.45) is 5.73 Å². The number of nitrogens with zero attached hydrogens (tertiary/aromatic N) is 1. The molecule has 2 N–H and O–H groups in total. The average Bonchev–Trinajstić information content (AvgIpc) is 3.03. The van der Waals surface area contributed by atoms with Crippen LogP contribution in [0.3, 0.4) is 0 Å². The van der Waals surface area contributed by atoms with Crippen molar-refractivity contribution in [1.29, 1.82) is 0 Å². The van der Waals surface area contributed by atoms with E-state index in [4.69, 9.17) is 10.5 Å². The largest absolute Gasteiger partial charge is 0.497 e. The van der Waals surface area contributed by atoms with Crippen molar-refractivity contribution in [3.8, 4) is 17.0 Å². The first-order chi connectivity index (χ1) is 11.1. The first-order valence-electron chi connectivity index (χ1n) is 6.88. The van der Waals surface area contributed by atoms with Crippen LogP contribution in [0.15, 0.2) is 47.8 Å². The zero-order chi connectivity index (χ0) is 16.4. The highest BCUT2D eigenvalue weighted by Gasteiger charge is 2.15. The Balaban J connectivity index is 1.91. The molecule has 0 radical (unpaired) electrons. The van der Waals surface area contributed by atoms with Gasteiger partial charge in [0.05, 0.1) is 18.8 Å². The number of nitrogens with two attached hydrogens (primary N) is 1. The molecule has 3 aromatic rings. The van der Waals surface area contributed by atoms with Gasteiger partial charge in [-0.05, 0) is 29.8 Å². The fourth-order valence-electron chi connectivity index (χ4n) is 2.24. The van der Waals surface area contributed by atoms with Crippen LogP contribution in [0.2, 0.25) is 0 Å². The molecule has 0 aliphatic rings. The van der Waals surface area contributed by atoms with Crippen molar-refractivity contribution in [3.63, 3.8) is 0 Å². The van der Waals surface area contributed by atoms with E-state index in [2.05, 4.69) is 4.98 Å². The summed E-state index contributed by atoms with van der Waals surface area (Å²) in [7, 11) is 1.59. The van der Waals surface area contributed by atoms with Crippen molar-refractivity contribution < 1.29 is 13.5 Å². The third-order valence-corrected chi connectivity index (χ3v) is 4.33. The van der Waals surface area contributed by atoms with E-state index in [-0.39, 0.29) is 0 Å². The number of methoxy groups -OCH3 is 1. The Hall–Kier alpha value is -2.31. The van der Waals surface area contributed by atoms with Gasteiger partial charge in [0.15, 0.2) is 0 Å². The van der Waals surface area contributed by atoms with Crippen molar-refractivity contribution in [3.05, 3.63) is 70.1 Å². The Morgan fingerprint density at radius 1 is 1.13 bits per heavy atom. The molecule has 0 saturated heterocycles. The molecule has 0 aliphatic carbocycles. The zero-order valence-electron chi connectivity index (χ0n) is 12.3. The van der Waals surface area contributed by atoms with E-state index in [1.807, 2.05) is 24.3 Å². The van der Waals surface area contributed by atoms with Gasteiger partial charge in [0, 0.05) is 17.0 Å². The monoisotopic (exact) mass is 332 g/mol. The molecular formula is C17H14F2N2OS. The SMILES string of the molecule is COc1cccc(C(N)c2nc(-c3cc(F)cc(F)c3)cs2)c1. The lowest BCUT2D eigenvalue weighted by Crippen LogP contribution is -2.11. The minimum Gasteiger partial charge on any atom is -0.497 e. The van der Waals surface area contributed by atoms with E-state index < -0.39 is 17.7 Å². The van der Waals surface area contributed by atoms with Gasteiger partial charge in [0.2, 0.25) is 0 Å². The number of halogens is 2. The highest BCUT2D eigenvalue weighted by Crippen LogP contribution is 2.29. The second kappa shape index (κ2) is 6.44. The lowest BCUT2D eigenvalue weighted by molar-refractivity contribution is 0.414. The first-order valence-corrected chi connectivity index (χ1v) is 7.76. The maximum atomic E-state index is 13.3. The Bertz CT molecular complexity index is 815. The number of thiazole rings is 1. The topological polar surface area (TPSA) is 48.1 Å². The van der Waals surface area contributed by atoms with Crippen LogP contribution in [0.5, 0.6) is 5.75 Å². The minimum atomic E-state index is -0.633. The fraction of sp³-hybridized carbons (Fsp3) is 0.118. The number of hydrogen-bond acceptors (Lipinski definition) is 4. The van der Waals surface area contributed by atoms with Gasteiger partial charge in [-0.15, -0.1) is 11.3 Å². The molecule has 1 atom stereocenters. The summed E-state index contributed by atoms with van der Waals surface area (Å²) in [6.07, 6.45) is 0. The number of rotatable bonds is 4. The molecule has 118 valence electrons. The van der Waals surface area contributed by atoms with Gasteiger partial charge in [-0.25, -0.2) is 13.8 Å². The first kappa shape index (κ1) is 15.6. The summed E-state index contributed by atoms with van der Waals surface area (Å²) in [5.41, 5.74) is 7.99. The van der Waals surface area contributed by atoms with Crippen molar-refractivity contribution in [2.75, 3.05) is 7.11 Å². The van der Waals surface area contributed by atoms with Crippen LogP contribution in [-0.4, -0.2) is 12.1 Å². The molecule has 23 heavy (non-hydrogen) atoms. The summed E-state index contributed by atoms with van der Waals surface area (Å²) >= 11 is 1.35. The van der Waals surface area contributed by atoms with E-state index in [0.717, 1.165) is 11.6 Å². The summed E-state index contributed by atoms with van der Waals surface area (Å²) in [6, 6.07) is 10.3. The predicted molar refractivity (Wildman–Crippen MR) is 86.5 cm³/mol. The van der Waals surface area contributed by atoms with E-state index >= 15 is 0 Å². The quantitative estimate of drug-likeness (QED) is 0.781. The molecule has 0 fully saturated rings. The Morgan fingerprint density at radius 2 is 1.87 bits per heavy atom. The molecule has 0 amide bonds. The minimum absolute atomic E-state index is 0.392. The summed E-state index contributed by atoms with van der Waals surface area (Å²) < 4.78 is 31.8. The van der Waals surface area contributed by atoms with Gasteiger partial charge in [0.1, 0.15) is 22.4 Å². The molecule has 1 unspecified atom stereocenters. The standard InChI is InChI=1S/C17H14F2N2OS/c1-22-14-4-2-3-10(7-14)16(20)17-21-15(9-23-17)11-5-12(18)8-13(19)6-11/h2-9,16H,20H2,1H3. The summed E-state index contributed by atoms with van der Waals surface area (Å²) in [5.74, 6) is -0.555. The summed E-state index contributed by atoms with van der Waals surface area (Å²) in [6.45, 7) is 0. The Kier molecular flexibility index (Phi) is 4.36. The van der Waals surface area contributed by atoms with E-state index in [9.17, 15) is 8.78 Å². The molecule has 3 rings (SSSR count). The maximum absolute atomic E-state index is 13.3. The predicted octanol–water partition coefficient (Wildman–Crippen LogP) is 4.15. The van der Waals surface area contributed by atoms with Crippen LogP contribution < -0.4 is 10.5 Å².